The van der Waals surface area contributed by atoms with Crippen LogP contribution in [0.5, 0.6) is 5.75 Å². The smallest absolute Gasteiger partial charge is 0.270 e. The van der Waals surface area contributed by atoms with Gasteiger partial charge in [0.1, 0.15) is 5.75 Å². The van der Waals surface area contributed by atoms with Gasteiger partial charge >= 0.3 is 0 Å². The Morgan fingerprint density at radius 1 is 1.04 bits per heavy atom. The maximum absolute atomic E-state index is 12.9. The Kier molecular flexibility index (Phi) is 4.97. The normalized spacial score (nSPS) is 16.0. The highest BCUT2D eigenvalue weighted by Crippen LogP contribution is 2.37. The van der Waals surface area contributed by atoms with Gasteiger partial charge in [-0.2, -0.15) is 0 Å². The van der Waals surface area contributed by atoms with Crippen molar-refractivity contribution in [2.75, 3.05) is 12.0 Å². The quantitative estimate of drug-likeness (QED) is 0.561. The van der Waals surface area contributed by atoms with Crippen LogP contribution in [0.2, 0.25) is 0 Å². The van der Waals surface area contributed by atoms with Gasteiger partial charge in [-0.15, -0.1) is 0 Å². The number of anilines is 1. The standard InChI is InChI=1S/C20H19NO2S2/c1-12-6-8-16(9-14(12)3)21-19(22)18(25-20(21)24)11-15-7-5-13(2)17(10-15)23-4/h5-11H,1-4H3/b18-11+. The second kappa shape index (κ2) is 7.02. The molecule has 0 saturated carbocycles. The van der Waals surface area contributed by atoms with Gasteiger partial charge < -0.3 is 4.74 Å². The molecular formula is C20H19NO2S2. The van der Waals surface area contributed by atoms with Crippen molar-refractivity contribution in [2.24, 2.45) is 0 Å². The number of nitrogens with zero attached hydrogens (tertiary/aromatic N) is 1. The molecule has 1 aliphatic heterocycles. The lowest BCUT2D eigenvalue weighted by Crippen LogP contribution is -2.27. The van der Waals surface area contributed by atoms with Gasteiger partial charge in [-0.1, -0.05) is 42.2 Å². The Balaban J connectivity index is 1.94. The van der Waals surface area contributed by atoms with E-state index in [2.05, 4.69) is 0 Å². The SMILES string of the molecule is COc1cc(/C=C2/SC(=S)N(c3ccc(C)c(C)c3)C2=O)ccc1C. The summed E-state index contributed by atoms with van der Waals surface area (Å²) in [5.74, 6) is 0.719. The summed E-state index contributed by atoms with van der Waals surface area (Å²) < 4.78 is 5.91. The van der Waals surface area contributed by atoms with E-state index in [4.69, 9.17) is 17.0 Å². The van der Waals surface area contributed by atoms with Crippen molar-refractivity contribution in [3.05, 3.63) is 63.6 Å². The van der Waals surface area contributed by atoms with Crippen molar-refractivity contribution in [3.8, 4) is 5.75 Å². The first-order valence-corrected chi connectivity index (χ1v) is 9.13. The molecule has 3 nitrogen and oxygen atoms in total. The Morgan fingerprint density at radius 2 is 1.76 bits per heavy atom. The average molecular weight is 370 g/mol. The monoisotopic (exact) mass is 369 g/mol. The lowest BCUT2D eigenvalue weighted by molar-refractivity contribution is -0.113. The minimum Gasteiger partial charge on any atom is -0.496 e. The van der Waals surface area contributed by atoms with Crippen LogP contribution in [-0.4, -0.2) is 17.3 Å². The first-order valence-electron chi connectivity index (χ1n) is 7.90. The van der Waals surface area contributed by atoms with E-state index in [9.17, 15) is 4.79 Å². The molecule has 1 fully saturated rings. The Bertz CT molecular complexity index is 903. The molecule has 0 aromatic heterocycles. The molecule has 5 heteroatoms. The fourth-order valence-electron chi connectivity index (χ4n) is 2.63. The summed E-state index contributed by atoms with van der Waals surface area (Å²) in [6.45, 7) is 6.07. The predicted molar refractivity (Wildman–Crippen MR) is 109 cm³/mol. The number of thioether (sulfide) groups is 1. The zero-order valence-electron chi connectivity index (χ0n) is 14.6. The summed E-state index contributed by atoms with van der Waals surface area (Å²) in [5, 5.41) is 0. The van der Waals surface area contributed by atoms with Crippen LogP contribution in [0, 0.1) is 20.8 Å². The summed E-state index contributed by atoms with van der Waals surface area (Å²) in [4.78, 5) is 15.1. The molecule has 0 aliphatic carbocycles. The second-order valence-electron chi connectivity index (χ2n) is 6.01. The zero-order chi connectivity index (χ0) is 18.1. The molecule has 2 aromatic rings. The van der Waals surface area contributed by atoms with Gasteiger partial charge in [0.25, 0.3) is 5.91 Å². The molecule has 0 spiro atoms. The van der Waals surface area contributed by atoms with Crippen LogP contribution in [0.3, 0.4) is 0 Å². The average Bonchev–Trinajstić information content (AvgIpc) is 2.86. The van der Waals surface area contributed by atoms with E-state index in [1.165, 1.54) is 17.3 Å². The third-order valence-electron chi connectivity index (χ3n) is 4.27. The number of hydrogen-bond acceptors (Lipinski definition) is 4. The summed E-state index contributed by atoms with van der Waals surface area (Å²) in [6.07, 6.45) is 1.86. The van der Waals surface area contributed by atoms with Gasteiger partial charge in [0.15, 0.2) is 4.32 Å². The van der Waals surface area contributed by atoms with Crippen LogP contribution in [0.15, 0.2) is 41.3 Å². The van der Waals surface area contributed by atoms with E-state index < -0.39 is 0 Å². The maximum atomic E-state index is 12.9. The number of amides is 1. The van der Waals surface area contributed by atoms with Crippen molar-refractivity contribution < 1.29 is 9.53 Å². The highest BCUT2D eigenvalue weighted by atomic mass is 32.2. The minimum atomic E-state index is -0.0854. The number of rotatable bonds is 3. The highest BCUT2D eigenvalue weighted by molar-refractivity contribution is 8.27. The van der Waals surface area contributed by atoms with Crippen LogP contribution < -0.4 is 9.64 Å². The summed E-state index contributed by atoms with van der Waals surface area (Å²) in [5.41, 5.74) is 5.12. The molecule has 1 aliphatic rings. The third-order valence-corrected chi connectivity index (χ3v) is 5.57. The minimum absolute atomic E-state index is 0.0854. The molecule has 25 heavy (non-hydrogen) atoms. The number of aryl methyl sites for hydroxylation is 3. The predicted octanol–water partition coefficient (Wildman–Crippen LogP) is 5.03. The maximum Gasteiger partial charge on any atom is 0.270 e. The molecule has 3 rings (SSSR count). The van der Waals surface area contributed by atoms with Crippen molar-refractivity contribution in [1.29, 1.82) is 0 Å². The number of carbonyl (C=O) groups is 1. The van der Waals surface area contributed by atoms with E-state index in [1.54, 1.807) is 12.0 Å². The summed E-state index contributed by atoms with van der Waals surface area (Å²) in [7, 11) is 1.64. The number of carbonyl (C=O) groups excluding carboxylic acids is 1. The molecule has 0 radical (unpaired) electrons. The van der Waals surface area contributed by atoms with Gasteiger partial charge in [0.05, 0.1) is 17.7 Å². The molecule has 0 N–H and O–H groups in total. The van der Waals surface area contributed by atoms with Crippen molar-refractivity contribution >= 4 is 46.0 Å². The molecule has 1 saturated heterocycles. The number of thiocarbonyl (C=S) groups is 1. The van der Waals surface area contributed by atoms with Gasteiger partial charge in [-0.05, 0) is 67.3 Å². The van der Waals surface area contributed by atoms with E-state index in [1.807, 2.05) is 63.2 Å². The van der Waals surface area contributed by atoms with Crippen LogP contribution in [0.4, 0.5) is 5.69 Å². The van der Waals surface area contributed by atoms with Crippen molar-refractivity contribution in [2.45, 2.75) is 20.8 Å². The van der Waals surface area contributed by atoms with E-state index >= 15 is 0 Å². The Morgan fingerprint density at radius 3 is 2.44 bits per heavy atom. The molecule has 0 bridgehead atoms. The van der Waals surface area contributed by atoms with Crippen molar-refractivity contribution in [1.82, 2.24) is 0 Å². The van der Waals surface area contributed by atoms with Crippen LogP contribution in [-0.2, 0) is 4.79 Å². The summed E-state index contributed by atoms with van der Waals surface area (Å²) >= 11 is 6.77. The molecule has 1 amide bonds. The van der Waals surface area contributed by atoms with Crippen LogP contribution in [0.25, 0.3) is 6.08 Å². The number of hydrogen-bond donors (Lipinski definition) is 0. The van der Waals surface area contributed by atoms with Gasteiger partial charge in [-0.3, -0.25) is 9.69 Å². The second-order valence-corrected chi connectivity index (χ2v) is 7.69. The van der Waals surface area contributed by atoms with Crippen LogP contribution >= 0.6 is 24.0 Å². The molecule has 128 valence electrons. The van der Waals surface area contributed by atoms with Crippen molar-refractivity contribution in [3.63, 3.8) is 0 Å². The number of benzene rings is 2. The zero-order valence-corrected chi connectivity index (χ0v) is 16.3. The Hall–Kier alpha value is -2.11. The molecular weight excluding hydrogens is 350 g/mol. The van der Waals surface area contributed by atoms with Gasteiger partial charge in [0, 0.05) is 0 Å². The fraction of sp³-hybridized carbons (Fsp3) is 0.200. The summed E-state index contributed by atoms with van der Waals surface area (Å²) in [6, 6.07) is 11.8. The first-order chi connectivity index (χ1) is 11.9. The lowest BCUT2D eigenvalue weighted by atomic mass is 10.1. The fourth-order valence-corrected chi connectivity index (χ4v) is 3.93. The number of ether oxygens (including phenoxy) is 1. The van der Waals surface area contributed by atoms with E-state index in [-0.39, 0.29) is 5.91 Å². The topological polar surface area (TPSA) is 29.5 Å². The molecule has 2 aromatic carbocycles. The van der Waals surface area contributed by atoms with E-state index in [0.717, 1.165) is 28.1 Å². The largest absolute Gasteiger partial charge is 0.496 e. The van der Waals surface area contributed by atoms with Gasteiger partial charge in [0.2, 0.25) is 0 Å². The molecule has 0 atom stereocenters. The number of methoxy groups -OCH3 is 1. The van der Waals surface area contributed by atoms with Gasteiger partial charge in [-0.25, -0.2) is 0 Å². The highest BCUT2D eigenvalue weighted by Gasteiger charge is 2.33. The Labute approximate surface area is 157 Å². The lowest BCUT2D eigenvalue weighted by Gasteiger charge is -2.15. The first kappa shape index (κ1) is 17.7. The third kappa shape index (κ3) is 3.48. The molecule has 0 unspecified atom stereocenters. The van der Waals surface area contributed by atoms with E-state index in [0.29, 0.717) is 9.23 Å². The molecule has 1 heterocycles. The van der Waals surface area contributed by atoms with Crippen LogP contribution in [0.1, 0.15) is 22.3 Å².